The lowest BCUT2D eigenvalue weighted by Crippen LogP contribution is -2.26. The first kappa shape index (κ1) is 25.9. The van der Waals surface area contributed by atoms with E-state index in [1.165, 1.54) is 55.3 Å². The molecule has 0 heterocycles. The molecule has 11 rings (SSSR count). The Balaban J connectivity index is 1.15. The second-order valence-corrected chi connectivity index (χ2v) is 14.1. The summed E-state index contributed by atoms with van der Waals surface area (Å²) in [5, 5.41) is 2.45. The van der Waals surface area contributed by atoms with Crippen molar-refractivity contribution in [3.63, 3.8) is 0 Å². The quantitative estimate of drug-likeness (QED) is 0.174. The van der Waals surface area contributed by atoms with Crippen LogP contribution in [0, 0.1) is 0 Å². The molecule has 2 aliphatic rings. The number of rotatable bonds is 5. The highest BCUT2D eigenvalue weighted by Gasteiger charge is 2.52. The first-order chi connectivity index (χ1) is 28.9. The third-order valence-corrected chi connectivity index (χ3v) is 11.4. The maximum Gasteiger partial charge on any atom is 0.0732 e. The summed E-state index contributed by atoms with van der Waals surface area (Å²) >= 11 is 0. The predicted molar refractivity (Wildman–Crippen MR) is 226 cm³/mol. The highest BCUT2D eigenvalue weighted by atomic mass is 15.1. The number of nitrogens with zero attached hydrogens (tertiary/aromatic N) is 1. The van der Waals surface area contributed by atoms with Crippen molar-refractivity contribution in [2.24, 2.45) is 0 Å². The minimum atomic E-state index is -0.567. The standard InChI is InChI=1S/C53H35N/c1-3-13-36(14-4-1)38-23-28-41(29-24-38)54(42-30-25-39(26-31-42)37-15-5-2-6-16-37)43-32-34-47-48-33-27-40-17-7-8-18-44(40)52(48)53(51(47)35-43)49-21-11-9-19-45(49)46-20-10-12-22-50(46)53/h1-35H/i1D,3D,4D,13D,14D. The molecule has 0 amide bonds. The topological polar surface area (TPSA) is 3.24 Å². The van der Waals surface area contributed by atoms with Crippen molar-refractivity contribution in [1.29, 1.82) is 0 Å². The van der Waals surface area contributed by atoms with Crippen molar-refractivity contribution in [3.05, 3.63) is 234 Å². The molecule has 0 N–H and O–H groups in total. The van der Waals surface area contributed by atoms with Crippen LogP contribution in [-0.4, -0.2) is 0 Å². The lowest BCUT2D eigenvalue weighted by molar-refractivity contribution is 0.801. The molecule has 54 heavy (non-hydrogen) atoms. The van der Waals surface area contributed by atoms with E-state index in [1.54, 1.807) is 0 Å². The van der Waals surface area contributed by atoms with Crippen molar-refractivity contribution in [3.8, 4) is 44.5 Å². The Kier molecular flexibility index (Phi) is 5.78. The molecule has 2 aliphatic carbocycles. The van der Waals surface area contributed by atoms with Gasteiger partial charge in [0, 0.05) is 17.1 Å². The normalized spacial score (nSPS) is 14.3. The fraction of sp³-hybridized carbons (Fsp3) is 0.0189. The average Bonchev–Trinajstić information content (AvgIpc) is 3.76. The fourth-order valence-electron chi connectivity index (χ4n) is 9.10. The van der Waals surface area contributed by atoms with Gasteiger partial charge < -0.3 is 4.90 Å². The van der Waals surface area contributed by atoms with Gasteiger partial charge in [-0.2, -0.15) is 0 Å². The third kappa shape index (κ3) is 4.45. The van der Waals surface area contributed by atoms with E-state index in [1.807, 2.05) is 42.5 Å². The van der Waals surface area contributed by atoms with E-state index < -0.39 is 11.5 Å². The molecule has 1 heteroatoms. The van der Waals surface area contributed by atoms with Gasteiger partial charge >= 0.3 is 0 Å². The van der Waals surface area contributed by atoms with Gasteiger partial charge in [-0.3, -0.25) is 0 Å². The van der Waals surface area contributed by atoms with E-state index in [4.69, 9.17) is 6.85 Å². The van der Waals surface area contributed by atoms with Crippen LogP contribution < -0.4 is 4.90 Å². The van der Waals surface area contributed by atoms with Crippen LogP contribution in [0.1, 0.15) is 29.1 Å². The van der Waals surface area contributed by atoms with E-state index in [2.05, 4.69) is 144 Å². The molecule has 0 aromatic heterocycles. The van der Waals surface area contributed by atoms with Crippen LogP contribution in [0.15, 0.2) is 212 Å². The number of hydrogen-bond acceptors (Lipinski definition) is 1. The Labute approximate surface area is 323 Å². The van der Waals surface area contributed by atoms with Gasteiger partial charge in [0.05, 0.1) is 12.3 Å². The lowest BCUT2D eigenvalue weighted by Gasteiger charge is -2.33. The summed E-state index contributed by atoms with van der Waals surface area (Å²) in [6.07, 6.45) is 0. The largest absolute Gasteiger partial charge is 0.310 e. The molecule has 0 fully saturated rings. The van der Waals surface area contributed by atoms with Crippen LogP contribution in [0.25, 0.3) is 55.3 Å². The van der Waals surface area contributed by atoms with Crippen molar-refractivity contribution >= 4 is 27.8 Å². The smallest absolute Gasteiger partial charge is 0.0732 e. The molecular weight excluding hydrogens is 651 g/mol. The summed E-state index contributed by atoms with van der Waals surface area (Å²) in [7, 11) is 0. The minimum Gasteiger partial charge on any atom is -0.310 e. The van der Waals surface area contributed by atoms with Gasteiger partial charge in [0.15, 0.2) is 0 Å². The zero-order valence-electron chi connectivity index (χ0n) is 34.3. The van der Waals surface area contributed by atoms with E-state index in [-0.39, 0.29) is 29.7 Å². The van der Waals surface area contributed by atoms with Crippen molar-refractivity contribution < 1.29 is 6.85 Å². The molecule has 1 spiro atoms. The maximum atomic E-state index is 8.65. The molecule has 0 bridgehead atoms. The lowest BCUT2D eigenvalue weighted by atomic mass is 9.69. The Hall–Kier alpha value is -6.96. The Morgan fingerprint density at radius 3 is 1.57 bits per heavy atom. The highest BCUT2D eigenvalue weighted by molar-refractivity contribution is 6.04. The molecule has 0 saturated heterocycles. The first-order valence-corrected chi connectivity index (χ1v) is 18.4. The van der Waals surface area contributed by atoms with Gasteiger partial charge in [0.2, 0.25) is 0 Å². The zero-order chi connectivity index (χ0) is 40.0. The molecule has 9 aromatic rings. The highest BCUT2D eigenvalue weighted by Crippen LogP contribution is 2.64. The molecule has 9 aromatic carbocycles. The molecule has 0 atom stereocenters. The summed E-state index contributed by atoms with van der Waals surface area (Å²) in [4.78, 5) is 2.25. The average molecular weight is 691 g/mol. The number of fused-ring (bicyclic) bond motifs is 12. The summed E-state index contributed by atoms with van der Waals surface area (Å²) in [5.74, 6) is 0. The SMILES string of the molecule is [2H]c1c([2H])c([2H])c(-c2ccc(N(c3ccc(-c4ccccc4)cc3)c3ccc4c(c3)C3(c5ccccc5-c5ccccc53)c3c-4ccc4ccccc34)cc2)c([2H])c1[2H]. The Morgan fingerprint density at radius 2 is 0.889 bits per heavy atom. The van der Waals surface area contributed by atoms with E-state index in [9.17, 15) is 0 Å². The summed E-state index contributed by atoms with van der Waals surface area (Å²) in [5.41, 5.74) is 15.2. The van der Waals surface area contributed by atoms with Crippen molar-refractivity contribution in [1.82, 2.24) is 0 Å². The first-order valence-electron chi connectivity index (χ1n) is 20.9. The van der Waals surface area contributed by atoms with Crippen LogP contribution >= 0.6 is 0 Å². The monoisotopic (exact) mass is 690 g/mol. The number of anilines is 3. The van der Waals surface area contributed by atoms with Crippen molar-refractivity contribution in [2.75, 3.05) is 4.90 Å². The molecule has 0 radical (unpaired) electrons. The summed E-state index contributed by atoms with van der Waals surface area (Å²) < 4.78 is 42.0. The van der Waals surface area contributed by atoms with Crippen molar-refractivity contribution in [2.45, 2.75) is 5.41 Å². The zero-order valence-corrected chi connectivity index (χ0v) is 29.3. The van der Waals surface area contributed by atoms with Gasteiger partial charge in [0.25, 0.3) is 0 Å². The van der Waals surface area contributed by atoms with Crippen LogP contribution in [0.2, 0.25) is 0 Å². The molecule has 1 nitrogen and oxygen atoms in total. The van der Waals surface area contributed by atoms with Gasteiger partial charge in [0.1, 0.15) is 0 Å². The molecule has 0 aliphatic heterocycles. The van der Waals surface area contributed by atoms with E-state index in [0.717, 1.165) is 28.2 Å². The van der Waals surface area contributed by atoms with E-state index in [0.29, 0.717) is 5.56 Å². The van der Waals surface area contributed by atoms with E-state index >= 15 is 0 Å². The van der Waals surface area contributed by atoms with Crippen LogP contribution in [0.4, 0.5) is 17.1 Å². The Morgan fingerprint density at radius 1 is 0.370 bits per heavy atom. The van der Waals surface area contributed by atoms with Gasteiger partial charge in [-0.05, 0) is 114 Å². The third-order valence-electron chi connectivity index (χ3n) is 11.4. The molecular formula is C53H35N. The second kappa shape index (κ2) is 12.0. The Bertz CT molecular complexity index is 3080. The summed E-state index contributed by atoms with van der Waals surface area (Å²) in [6.45, 7) is 0. The van der Waals surface area contributed by atoms with Crippen LogP contribution in [-0.2, 0) is 5.41 Å². The number of benzene rings is 9. The molecule has 0 unspecified atom stereocenters. The van der Waals surface area contributed by atoms with Gasteiger partial charge in [-0.1, -0.05) is 176 Å². The second-order valence-electron chi connectivity index (χ2n) is 14.1. The number of hydrogen-bond donors (Lipinski definition) is 0. The summed E-state index contributed by atoms with van der Waals surface area (Å²) in [6, 6.07) is 63.0. The predicted octanol–water partition coefficient (Wildman–Crippen LogP) is 14.0. The van der Waals surface area contributed by atoms with Gasteiger partial charge in [-0.15, -0.1) is 0 Å². The fourth-order valence-corrected chi connectivity index (χ4v) is 9.10. The minimum absolute atomic E-state index is 0.185. The van der Waals surface area contributed by atoms with Gasteiger partial charge in [-0.25, -0.2) is 0 Å². The molecule has 252 valence electrons. The maximum absolute atomic E-state index is 8.65. The molecule has 0 saturated carbocycles. The van der Waals surface area contributed by atoms with Crippen LogP contribution in [0.3, 0.4) is 0 Å². The van der Waals surface area contributed by atoms with Crippen LogP contribution in [0.5, 0.6) is 0 Å².